The smallest absolute Gasteiger partial charge is 0.334 e. The van der Waals surface area contributed by atoms with Crippen molar-refractivity contribution in [2.24, 2.45) is 0 Å². The Morgan fingerprint density at radius 1 is 1.23 bits per heavy atom. The van der Waals surface area contributed by atoms with Gasteiger partial charge in [-0.1, -0.05) is 30.3 Å². The molecule has 1 fully saturated rings. The number of amides is 1. The summed E-state index contributed by atoms with van der Waals surface area (Å²) in [4.78, 5) is 25.9. The summed E-state index contributed by atoms with van der Waals surface area (Å²) in [6, 6.07) is 9.92. The number of hydrogen-bond acceptors (Lipinski definition) is 4. The highest BCUT2D eigenvalue weighted by atomic mass is 16.5. The molecule has 0 bridgehead atoms. The molecule has 2 heterocycles. The number of carboxylic acids is 1. The third kappa shape index (κ3) is 3.62. The third-order valence-corrected chi connectivity index (χ3v) is 4.59. The molecule has 2 aromatic rings. The van der Waals surface area contributed by atoms with Crippen LogP contribution in [0.25, 0.3) is 0 Å². The van der Waals surface area contributed by atoms with Crippen molar-refractivity contribution < 1.29 is 19.4 Å². The number of hydrogen-bond donors (Lipinski definition) is 1. The van der Waals surface area contributed by atoms with Gasteiger partial charge in [-0.25, -0.2) is 4.79 Å². The number of nitrogens with zero attached hydrogens (tertiary/aromatic N) is 3. The lowest BCUT2D eigenvalue weighted by atomic mass is 10.1. The first-order valence-corrected chi connectivity index (χ1v) is 8.62. The lowest BCUT2D eigenvalue weighted by molar-refractivity contribution is -0.160. The van der Waals surface area contributed by atoms with Gasteiger partial charge in [-0.2, -0.15) is 5.10 Å². The van der Waals surface area contributed by atoms with E-state index in [1.54, 1.807) is 18.7 Å². The summed E-state index contributed by atoms with van der Waals surface area (Å²) in [6.07, 6.45) is -1.32. The minimum Gasteiger partial charge on any atom is -0.479 e. The summed E-state index contributed by atoms with van der Waals surface area (Å²) in [5.74, 6) is -1.25. The molecule has 1 N–H and O–H groups in total. The highest BCUT2D eigenvalue weighted by Crippen LogP contribution is 2.20. The Labute approximate surface area is 152 Å². The summed E-state index contributed by atoms with van der Waals surface area (Å²) < 4.78 is 7.21. The molecule has 7 nitrogen and oxygen atoms in total. The first-order valence-electron chi connectivity index (χ1n) is 8.62. The van der Waals surface area contributed by atoms with E-state index in [2.05, 4.69) is 5.10 Å². The van der Waals surface area contributed by atoms with E-state index in [1.807, 2.05) is 41.9 Å². The van der Waals surface area contributed by atoms with E-state index in [4.69, 9.17) is 4.74 Å². The second kappa shape index (κ2) is 7.29. The van der Waals surface area contributed by atoms with Gasteiger partial charge in [0.2, 0.25) is 0 Å². The van der Waals surface area contributed by atoms with Crippen molar-refractivity contribution in [1.82, 2.24) is 14.7 Å². The number of ether oxygens (including phenoxy) is 1. The van der Waals surface area contributed by atoms with Gasteiger partial charge < -0.3 is 14.7 Å². The van der Waals surface area contributed by atoms with Crippen LogP contribution in [0.4, 0.5) is 0 Å². The Kier molecular flexibility index (Phi) is 5.08. The normalized spacial score (nSPS) is 20.2. The Morgan fingerprint density at radius 2 is 1.92 bits per heavy atom. The molecule has 3 rings (SSSR count). The summed E-state index contributed by atoms with van der Waals surface area (Å²) >= 11 is 0. The van der Waals surface area contributed by atoms with Crippen molar-refractivity contribution in [2.45, 2.75) is 39.5 Å². The maximum absolute atomic E-state index is 13.0. The van der Waals surface area contributed by atoms with Crippen LogP contribution in [-0.4, -0.2) is 57.0 Å². The molecule has 1 amide bonds. The predicted molar refractivity (Wildman–Crippen MR) is 95.1 cm³/mol. The quantitative estimate of drug-likeness (QED) is 0.903. The second-order valence-electron chi connectivity index (χ2n) is 6.67. The summed E-state index contributed by atoms with van der Waals surface area (Å²) in [7, 11) is 0. The molecule has 0 radical (unpaired) electrons. The number of aliphatic carboxylic acids is 1. The number of aromatic nitrogens is 2. The lowest BCUT2D eigenvalue weighted by Crippen LogP contribution is -2.52. The SMILES string of the molecule is Cc1nn(Cc2ccccc2)c(C)c1C(=O)N1C[C@@H](C)O[C@H](C(=O)O)C1. The number of carboxylic acid groups (broad SMARTS) is 1. The van der Waals surface area contributed by atoms with Crippen LogP contribution < -0.4 is 0 Å². The van der Waals surface area contributed by atoms with Crippen LogP contribution in [0, 0.1) is 13.8 Å². The number of morpholine rings is 1. The van der Waals surface area contributed by atoms with Gasteiger partial charge in [0, 0.05) is 12.2 Å². The van der Waals surface area contributed by atoms with Gasteiger partial charge in [0.15, 0.2) is 6.10 Å². The van der Waals surface area contributed by atoms with Gasteiger partial charge in [-0.05, 0) is 26.3 Å². The molecule has 1 aromatic carbocycles. The first kappa shape index (κ1) is 18.1. The Bertz CT molecular complexity index is 816. The average molecular weight is 357 g/mol. The van der Waals surface area contributed by atoms with E-state index in [1.165, 1.54) is 0 Å². The molecular weight excluding hydrogens is 334 g/mol. The summed E-state index contributed by atoms with van der Waals surface area (Å²) in [5.41, 5.74) is 3.07. The zero-order valence-corrected chi connectivity index (χ0v) is 15.2. The molecule has 1 saturated heterocycles. The number of carbonyl (C=O) groups excluding carboxylic acids is 1. The van der Waals surface area contributed by atoms with E-state index in [9.17, 15) is 14.7 Å². The van der Waals surface area contributed by atoms with Crippen molar-refractivity contribution >= 4 is 11.9 Å². The highest BCUT2D eigenvalue weighted by molar-refractivity contribution is 5.96. The van der Waals surface area contributed by atoms with Crippen LogP contribution in [0.5, 0.6) is 0 Å². The summed E-state index contributed by atoms with van der Waals surface area (Å²) in [6.45, 7) is 6.44. The van der Waals surface area contributed by atoms with Crippen molar-refractivity contribution in [3.8, 4) is 0 Å². The van der Waals surface area contributed by atoms with Gasteiger partial charge in [-0.15, -0.1) is 0 Å². The van der Waals surface area contributed by atoms with Crippen LogP contribution in [-0.2, 0) is 16.1 Å². The number of benzene rings is 1. The zero-order chi connectivity index (χ0) is 18.8. The van der Waals surface area contributed by atoms with Crippen molar-refractivity contribution in [1.29, 1.82) is 0 Å². The molecule has 0 unspecified atom stereocenters. The molecule has 1 aromatic heterocycles. The minimum absolute atomic E-state index is 0.0429. The van der Waals surface area contributed by atoms with Crippen LogP contribution in [0.3, 0.4) is 0 Å². The maximum Gasteiger partial charge on any atom is 0.334 e. The maximum atomic E-state index is 13.0. The Balaban J connectivity index is 1.84. The molecule has 138 valence electrons. The zero-order valence-electron chi connectivity index (χ0n) is 15.2. The van der Waals surface area contributed by atoms with E-state index in [0.717, 1.165) is 11.3 Å². The van der Waals surface area contributed by atoms with Crippen LogP contribution in [0.1, 0.15) is 34.2 Å². The van der Waals surface area contributed by atoms with Crippen molar-refractivity contribution in [3.05, 3.63) is 52.8 Å². The topological polar surface area (TPSA) is 84.7 Å². The molecule has 0 spiro atoms. The van der Waals surface area contributed by atoms with Crippen LogP contribution in [0.2, 0.25) is 0 Å². The van der Waals surface area contributed by atoms with Crippen LogP contribution in [0.15, 0.2) is 30.3 Å². The number of rotatable bonds is 4. The van der Waals surface area contributed by atoms with Gasteiger partial charge in [0.25, 0.3) is 5.91 Å². The van der Waals surface area contributed by atoms with E-state index in [0.29, 0.717) is 24.3 Å². The summed E-state index contributed by atoms with van der Waals surface area (Å²) in [5, 5.41) is 13.7. The monoisotopic (exact) mass is 357 g/mol. The fourth-order valence-corrected chi connectivity index (χ4v) is 3.33. The molecule has 1 aliphatic rings. The standard InChI is InChI=1S/C19H23N3O4/c1-12-9-21(11-16(26-12)19(24)25)18(23)17-13(2)20-22(14(17)3)10-15-7-5-4-6-8-15/h4-8,12,16H,9-11H2,1-3H3,(H,24,25)/t12-,16+/m1/s1. The Hall–Kier alpha value is -2.67. The van der Waals surface area contributed by atoms with Gasteiger partial charge in [-0.3, -0.25) is 9.48 Å². The number of aryl methyl sites for hydroxylation is 1. The highest BCUT2D eigenvalue weighted by Gasteiger charge is 2.34. The third-order valence-electron chi connectivity index (χ3n) is 4.59. The van der Waals surface area contributed by atoms with Gasteiger partial charge in [0.05, 0.1) is 30.5 Å². The van der Waals surface area contributed by atoms with Crippen molar-refractivity contribution in [3.63, 3.8) is 0 Å². The molecule has 2 atom stereocenters. The van der Waals surface area contributed by atoms with Gasteiger partial charge >= 0.3 is 5.97 Å². The fraction of sp³-hybridized carbons (Fsp3) is 0.421. The molecule has 7 heteroatoms. The van der Waals surface area contributed by atoms with E-state index >= 15 is 0 Å². The lowest BCUT2D eigenvalue weighted by Gasteiger charge is -2.35. The van der Waals surface area contributed by atoms with E-state index in [-0.39, 0.29) is 18.6 Å². The van der Waals surface area contributed by atoms with Crippen molar-refractivity contribution in [2.75, 3.05) is 13.1 Å². The minimum atomic E-state index is -1.05. The molecule has 1 aliphatic heterocycles. The fourth-order valence-electron chi connectivity index (χ4n) is 3.33. The Morgan fingerprint density at radius 3 is 2.58 bits per heavy atom. The number of carbonyl (C=O) groups is 2. The van der Waals surface area contributed by atoms with E-state index < -0.39 is 12.1 Å². The predicted octanol–water partition coefficient (Wildman–Crippen LogP) is 1.86. The first-order chi connectivity index (χ1) is 12.4. The largest absolute Gasteiger partial charge is 0.479 e. The van der Waals surface area contributed by atoms with Gasteiger partial charge in [0.1, 0.15) is 0 Å². The molecular formula is C19H23N3O4. The van der Waals surface area contributed by atoms with Crippen LogP contribution >= 0.6 is 0 Å². The molecule has 0 aliphatic carbocycles. The average Bonchev–Trinajstić information content (AvgIpc) is 2.88. The second-order valence-corrected chi connectivity index (χ2v) is 6.67. The molecule has 0 saturated carbocycles. The molecule has 26 heavy (non-hydrogen) atoms.